The fourth-order valence-corrected chi connectivity index (χ4v) is 2.49. The van der Waals surface area contributed by atoms with E-state index >= 15 is 0 Å². The van der Waals surface area contributed by atoms with Gasteiger partial charge in [-0.05, 0) is 30.3 Å². The number of halogens is 4. The molecule has 0 bridgehead atoms. The third-order valence-corrected chi connectivity index (χ3v) is 3.82. The van der Waals surface area contributed by atoms with Crippen LogP contribution in [-0.2, 0) is 17.5 Å². The van der Waals surface area contributed by atoms with E-state index in [-0.39, 0.29) is 16.9 Å². The Morgan fingerprint density at radius 3 is 2.50 bits per heavy atom. The van der Waals surface area contributed by atoms with E-state index in [1.807, 2.05) is 0 Å². The van der Waals surface area contributed by atoms with Crippen LogP contribution in [0, 0.1) is 5.82 Å². The smallest absolute Gasteiger partial charge is 0.325 e. The minimum atomic E-state index is -4.54. The fraction of sp³-hybridized carbons (Fsp3) is 0.105. The minimum Gasteiger partial charge on any atom is -0.325 e. The molecule has 0 spiro atoms. The molecule has 0 aliphatic carbocycles. The summed E-state index contributed by atoms with van der Waals surface area (Å²) < 4.78 is 52.9. The van der Waals surface area contributed by atoms with Crippen LogP contribution in [0.5, 0.6) is 0 Å². The predicted octanol–water partition coefficient (Wildman–Crippen LogP) is 3.71. The first-order valence-electron chi connectivity index (χ1n) is 8.02. The molecule has 2 aromatic carbocycles. The molecule has 1 amide bonds. The van der Waals surface area contributed by atoms with Gasteiger partial charge < -0.3 is 5.32 Å². The van der Waals surface area contributed by atoms with Gasteiger partial charge in [-0.2, -0.15) is 13.2 Å². The molecule has 1 N–H and O–H groups in total. The summed E-state index contributed by atoms with van der Waals surface area (Å²) in [4.78, 5) is 28.2. The first-order valence-corrected chi connectivity index (χ1v) is 8.02. The second kappa shape index (κ2) is 7.63. The molecule has 1 heterocycles. The van der Waals surface area contributed by atoms with Crippen LogP contribution in [-0.4, -0.2) is 15.5 Å². The number of hydrogen-bond acceptors (Lipinski definition) is 3. The van der Waals surface area contributed by atoms with Crippen LogP contribution in [0.3, 0.4) is 0 Å². The zero-order valence-electron chi connectivity index (χ0n) is 14.2. The molecule has 0 fully saturated rings. The van der Waals surface area contributed by atoms with Crippen LogP contribution in [0.15, 0.2) is 65.7 Å². The van der Waals surface area contributed by atoms with Crippen LogP contribution >= 0.6 is 0 Å². The summed E-state index contributed by atoms with van der Waals surface area (Å²) in [5.41, 5.74) is -1.31. The highest BCUT2D eigenvalue weighted by molar-refractivity contribution is 5.90. The molecular formula is C19H13F4N3O2. The van der Waals surface area contributed by atoms with Crippen molar-refractivity contribution in [2.24, 2.45) is 0 Å². The van der Waals surface area contributed by atoms with Crippen molar-refractivity contribution in [1.82, 2.24) is 9.55 Å². The van der Waals surface area contributed by atoms with Gasteiger partial charge in [0.05, 0.1) is 17.6 Å². The first-order chi connectivity index (χ1) is 13.2. The second-order valence-electron chi connectivity index (χ2n) is 5.85. The molecule has 1 aromatic heterocycles. The molecule has 0 aliphatic rings. The highest BCUT2D eigenvalue weighted by atomic mass is 19.4. The van der Waals surface area contributed by atoms with Gasteiger partial charge in [-0.1, -0.05) is 18.2 Å². The maximum absolute atomic E-state index is 13.8. The van der Waals surface area contributed by atoms with E-state index < -0.39 is 35.6 Å². The quantitative estimate of drug-likeness (QED) is 0.690. The number of carbonyl (C=O) groups excluding carboxylic acids is 1. The van der Waals surface area contributed by atoms with E-state index in [2.05, 4.69) is 10.3 Å². The summed E-state index contributed by atoms with van der Waals surface area (Å²) >= 11 is 0. The summed E-state index contributed by atoms with van der Waals surface area (Å²) in [5, 5.41) is 2.30. The number of aromatic nitrogens is 2. The van der Waals surface area contributed by atoms with Crippen LogP contribution in [0.2, 0.25) is 0 Å². The van der Waals surface area contributed by atoms with Crippen molar-refractivity contribution in [3.8, 4) is 11.3 Å². The lowest BCUT2D eigenvalue weighted by Crippen LogP contribution is -2.27. The predicted molar refractivity (Wildman–Crippen MR) is 94.0 cm³/mol. The normalized spacial score (nSPS) is 11.3. The van der Waals surface area contributed by atoms with Gasteiger partial charge in [0, 0.05) is 17.3 Å². The molecule has 28 heavy (non-hydrogen) atoms. The Labute approximate surface area is 156 Å². The molecule has 0 saturated carbocycles. The average Bonchev–Trinajstić information content (AvgIpc) is 2.63. The number of benzene rings is 2. The lowest BCUT2D eigenvalue weighted by Gasteiger charge is -2.11. The summed E-state index contributed by atoms with van der Waals surface area (Å²) in [7, 11) is 0. The van der Waals surface area contributed by atoms with E-state index in [1.165, 1.54) is 24.3 Å². The van der Waals surface area contributed by atoms with Gasteiger partial charge in [0.25, 0.3) is 5.56 Å². The Hall–Kier alpha value is -3.49. The number of amides is 1. The summed E-state index contributed by atoms with van der Waals surface area (Å²) in [6.07, 6.45) is -3.46. The van der Waals surface area contributed by atoms with Crippen molar-refractivity contribution < 1.29 is 22.4 Å². The van der Waals surface area contributed by atoms with E-state index in [0.29, 0.717) is 0 Å². The van der Waals surface area contributed by atoms with Gasteiger partial charge in [0.15, 0.2) is 0 Å². The van der Waals surface area contributed by atoms with E-state index in [0.717, 1.165) is 35.2 Å². The van der Waals surface area contributed by atoms with E-state index in [9.17, 15) is 27.2 Å². The van der Waals surface area contributed by atoms with Gasteiger partial charge in [-0.25, -0.2) is 9.37 Å². The third-order valence-electron chi connectivity index (χ3n) is 3.82. The molecule has 0 saturated heterocycles. The number of rotatable bonds is 4. The van der Waals surface area contributed by atoms with Crippen LogP contribution in [0.1, 0.15) is 5.56 Å². The molecule has 0 atom stereocenters. The summed E-state index contributed by atoms with van der Waals surface area (Å²) in [6, 6.07) is 11.0. The molecule has 0 unspecified atom stereocenters. The second-order valence-corrected chi connectivity index (χ2v) is 5.85. The van der Waals surface area contributed by atoms with Crippen LogP contribution in [0.25, 0.3) is 11.3 Å². The molecule has 3 aromatic rings. The summed E-state index contributed by atoms with van der Waals surface area (Å²) in [6.45, 7) is -0.459. The molecule has 9 heteroatoms. The number of hydrogen-bond donors (Lipinski definition) is 1. The van der Waals surface area contributed by atoms with E-state index in [1.54, 1.807) is 6.07 Å². The van der Waals surface area contributed by atoms with Crippen molar-refractivity contribution in [1.29, 1.82) is 0 Å². The van der Waals surface area contributed by atoms with Gasteiger partial charge >= 0.3 is 6.18 Å². The number of anilines is 1. The lowest BCUT2D eigenvalue weighted by atomic mass is 10.1. The van der Waals surface area contributed by atoms with Gasteiger partial charge in [-0.15, -0.1) is 0 Å². The SMILES string of the molecule is O=C(Cn1cnc(-c2ccccc2F)cc1=O)Nc1cccc(C(F)(F)F)c1. The van der Waals surface area contributed by atoms with Crippen LogP contribution in [0.4, 0.5) is 23.2 Å². The monoisotopic (exact) mass is 391 g/mol. The fourth-order valence-electron chi connectivity index (χ4n) is 2.49. The van der Waals surface area contributed by atoms with E-state index in [4.69, 9.17) is 0 Å². The Balaban J connectivity index is 1.75. The van der Waals surface area contributed by atoms with Gasteiger partial charge in [0.2, 0.25) is 5.91 Å². The molecular weight excluding hydrogens is 378 g/mol. The van der Waals surface area contributed by atoms with Crippen molar-refractivity contribution in [2.75, 3.05) is 5.32 Å². The Kier molecular flexibility index (Phi) is 5.25. The maximum Gasteiger partial charge on any atom is 0.416 e. The Morgan fingerprint density at radius 1 is 1.07 bits per heavy atom. The molecule has 144 valence electrons. The highest BCUT2D eigenvalue weighted by Gasteiger charge is 2.30. The molecule has 5 nitrogen and oxygen atoms in total. The van der Waals surface area contributed by atoms with Crippen molar-refractivity contribution in [3.63, 3.8) is 0 Å². The largest absolute Gasteiger partial charge is 0.416 e. The topological polar surface area (TPSA) is 64.0 Å². The Bertz CT molecular complexity index is 1080. The number of carbonyl (C=O) groups is 1. The number of nitrogens with zero attached hydrogens (tertiary/aromatic N) is 2. The van der Waals surface area contributed by atoms with Crippen LogP contribution < -0.4 is 10.9 Å². The standard InChI is InChI=1S/C19H13F4N3O2/c20-15-7-2-1-6-14(15)16-9-18(28)26(11-24-16)10-17(27)25-13-5-3-4-12(8-13)19(21,22)23/h1-9,11H,10H2,(H,25,27). The number of alkyl halides is 3. The number of nitrogens with one attached hydrogen (secondary N) is 1. The molecule has 0 aliphatic heterocycles. The van der Waals surface area contributed by atoms with Gasteiger partial charge in [-0.3, -0.25) is 14.2 Å². The lowest BCUT2D eigenvalue weighted by molar-refractivity contribution is -0.137. The zero-order chi connectivity index (χ0) is 20.3. The van der Waals surface area contributed by atoms with Crippen molar-refractivity contribution in [2.45, 2.75) is 12.7 Å². The average molecular weight is 391 g/mol. The molecule has 3 rings (SSSR count). The van der Waals surface area contributed by atoms with Gasteiger partial charge in [0.1, 0.15) is 12.4 Å². The maximum atomic E-state index is 13.8. The summed E-state index contributed by atoms with van der Waals surface area (Å²) in [5.74, 6) is -1.25. The Morgan fingerprint density at radius 2 is 1.82 bits per heavy atom. The van der Waals surface area contributed by atoms with Crippen molar-refractivity contribution in [3.05, 3.63) is 82.7 Å². The first kappa shape index (κ1) is 19.3. The third kappa shape index (κ3) is 4.43. The highest BCUT2D eigenvalue weighted by Crippen LogP contribution is 2.30. The zero-order valence-corrected chi connectivity index (χ0v) is 14.2. The minimum absolute atomic E-state index is 0.0520. The van der Waals surface area contributed by atoms with Crippen molar-refractivity contribution >= 4 is 11.6 Å². The molecule has 0 radical (unpaired) electrons.